The number of rotatable bonds is 0. The van der Waals surface area contributed by atoms with Gasteiger partial charge in [-0.25, -0.2) is 0 Å². The summed E-state index contributed by atoms with van der Waals surface area (Å²) in [6.45, 7) is 2.36. The van der Waals surface area contributed by atoms with Crippen molar-refractivity contribution in [2.24, 2.45) is 5.73 Å². The maximum Gasteiger partial charge on any atom is 0.00631 e. The molecule has 2 aliphatic rings. The Labute approximate surface area is 106 Å². The highest BCUT2D eigenvalue weighted by molar-refractivity contribution is 4.99. The molecule has 1 heterocycles. The summed E-state index contributed by atoms with van der Waals surface area (Å²) in [6.07, 6.45) is 6.85. The third kappa shape index (κ3) is 10.0. The fraction of sp³-hybridized carbons (Fsp3) is 0.600. The number of nitrogens with zero attached hydrogens (tertiary/aromatic N) is 1. The number of likely N-dealkylation sites (tertiary alicyclic amines) is 1. The van der Waals surface area contributed by atoms with Crippen LogP contribution in [0.4, 0.5) is 0 Å². The van der Waals surface area contributed by atoms with Gasteiger partial charge < -0.3 is 10.6 Å². The summed E-state index contributed by atoms with van der Waals surface area (Å²) >= 11 is 0. The largest absolute Gasteiger partial charge is 0.328 e. The fourth-order valence-electron chi connectivity index (χ4n) is 1.41. The maximum atomic E-state index is 5.67. The van der Waals surface area contributed by atoms with Crippen molar-refractivity contribution in [1.29, 1.82) is 0 Å². The van der Waals surface area contributed by atoms with Gasteiger partial charge in [-0.05, 0) is 33.0 Å². The Morgan fingerprint density at radius 1 is 0.824 bits per heavy atom. The van der Waals surface area contributed by atoms with Crippen LogP contribution in [0.2, 0.25) is 0 Å². The highest BCUT2D eigenvalue weighted by Gasteiger charge is 2.11. The summed E-state index contributed by atoms with van der Waals surface area (Å²) < 4.78 is 0. The van der Waals surface area contributed by atoms with Crippen molar-refractivity contribution in [1.82, 2.24) is 4.90 Å². The Morgan fingerprint density at radius 3 is 1.41 bits per heavy atom. The summed E-state index contributed by atoms with van der Waals surface area (Å²) in [4.78, 5) is 2.32. The first-order valence-corrected chi connectivity index (χ1v) is 6.73. The lowest BCUT2D eigenvalue weighted by Gasteiger charge is -2.25. The van der Waals surface area contributed by atoms with Gasteiger partial charge in [-0.1, -0.05) is 55.7 Å². The minimum Gasteiger partial charge on any atom is -0.328 e. The van der Waals surface area contributed by atoms with Crippen LogP contribution in [0.15, 0.2) is 36.4 Å². The first kappa shape index (κ1) is 14.2. The van der Waals surface area contributed by atoms with Crippen LogP contribution < -0.4 is 5.73 Å². The molecule has 1 saturated heterocycles. The first-order chi connectivity index (χ1) is 8.29. The Morgan fingerprint density at radius 2 is 1.18 bits per heavy atom. The number of hydrogen-bond acceptors (Lipinski definition) is 2. The summed E-state index contributed by atoms with van der Waals surface area (Å²) in [6, 6.07) is 12.5. The molecule has 0 atom stereocenters. The predicted octanol–water partition coefficient (Wildman–Crippen LogP) is 2.90. The smallest absolute Gasteiger partial charge is 0.00631 e. The van der Waals surface area contributed by atoms with E-state index < -0.39 is 0 Å². The molecule has 0 aromatic heterocycles. The normalized spacial score (nSPS) is 19.4. The van der Waals surface area contributed by atoms with Crippen LogP contribution in [-0.2, 0) is 0 Å². The van der Waals surface area contributed by atoms with Crippen molar-refractivity contribution in [3.8, 4) is 0 Å². The molecule has 1 aromatic rings. The average molecular weight is 234 g/mol. The minimum atomic E-state index is 0.478. The van der Waals surface area contributed by atoms with E-state index in [-0.39, 0.29) is 0 Å². The van der Waals surface area contributed by atoms with Gasteiger partial charge in [0.1, 0.15) is 0 Å². The Bertz CT molecular complexity index is 211. The van der Waals surface area contributed by atoms with Crippen molar-refractivity contribution in [2.75, 3.05) is 20.1 Å². The first-order valence-electron chi connectivity index (χ1n) is 6.73. The molecule has 2 heteroatoms. The summed E-state index contributed by atoms with van der Waals surface area (Å²) in [5.74, 6) is 0. The molecule has 3 rings (SSSR count). The van der Waals surface area contributed by atoms with Crippen molar-refractivity contribution in [3.63, 3.8) is 0 Å². The third-order valence-electron chi connectivity index (χ3n) is 2.78. The predicted molar refractivity (Wildman–Crippen MR) is 75.0 cm³/mol. The molecular weight excluding hydrogens is 208 g/mol. The van der Waals surface area contributed by atoms with E-state index in [0.29, 0.717) is 6.04 Å². The van der Waals surface area contributed by atoms with Gasteiger partial charge in [0, 0.05) is 6.04 Å². The van der Waals surface area contributed by atoms with Gasteiger partial charge in [0.2, 0.25) is 0 Å². The number of piperidine rings is 1. The zero-order chi connectivity index (χ0) is 12.3. The molecule has 96 valence electrons. The molecule has 1 aliphatic heterocycles. The van der Waals surface area contributed by atoms with Crippen molar-refractivity contribution in [3.05, 3.63) is 36.4 Å². The van der Waals surface area contributed by atoms with E-state index in [1.54, 1.807) is 0 Å². The highest BCUT2D eigenvalue weighted by Crippen LogP contribution is 2.14. The van der Waals surface area contributed by atoms with Crippen LogP contribution in [0, 0.1) is 0 Å². The second kappa shape index (κ2) is 9.20. The van der Waals surface area contributed by atoms with Crippen molar-refractivity contribution < 1.29 is 0 Å². The van der Waals surface area contributed by atoms with Gasteiger partial charge in [0.15, 0.2) is 0 Å². The van der Waals surface area contributed by atoms with Gasteiger partial charge in [-0.2, -0.15) is 0 Å². The molecule has 0 unspecified atom stereocenters. The lowest BCUT2D eigenvalue weighted by Crippen LogP contribution is -2.37. The molecule has 2 N–H and O–H groups in total. The van der Waals surface area contributed by atoms with Crippen LogP contribution in [0.1, 0.15) is 32.1 Å². The lowest BCUT2D eigenvalue weighted by atomic mass is 10.1. The summed E-state index contributed by atoms with van der Waals surface area (Å²) in [5, 5.41) is 0. The topological polar surface area (TPSA) is 29.3 Å². The average Bonchev–Trinajstić information content (AvgIpc) is 3.24. The lowest BCUT2D eigenvalue weighted by molar-refractivity contribution is 0.256. The zero-order valence-electron chi connectivity index (χ0n) is 11.0. The van der Waals surface area contributed by atoms with Crippen molar-refractivity contribution in [2.45, 2.75) is 38.1 Å². The molecule has 1 saturated carbocycles. The van der Waals surface area contributed by atoms with Crippen molar-refractivity contribution >= 4 is 0 Å². The van der Waals surface area contributed by atoms with Gasteiger partial charge in [-0.3, -0.25) is 0 Å². The van der Waals surface area contributed by atoms with Crippen LogP contribution in [-0.4, -0.2) is 31.1 Å². The fourth-order valence-corrected chi connectivity index (χ4v) is 1.41. The monoisotopic (exact) mass is 234 g/mol. The minimum absolute atomic E-state index is 0.478. The molecule has 0 radical (unpaired) electrons. The van der Waals surface area contributed by atoms with E-state index in [2.05, 4.69) is 11.9 Å². The molecule has 0 bridgehead atoms. The van der Waals surface area contributed by atoms with E-state index in [0.717, 1.165) is 0 Å². The molecule has 1 aromatic carbocycles. The molecule has 0 amide bonds. The van der Waals surface area contributed by atoms with Gasteiger partial charge in [-0.15, -0.1) is 0 Å². The number of benzene rings is 1. The van der Waals surface area contributed by atoms with Gasteiger partial charge in [0.25, 0.3) is 0 Å². The molecule has 2 nitrogen and oxygen atoms in total. The number of hydrogen-bond donors (Lipinski definition) is 1. The summed E-state index contributed by atoms with van der Waals surface area (Å²) in [5.41, 5.74) is 5.67. The van der Waals surface area contributed by atoms with Gasteiger partial charge in [0.05, 0.1) is 0 Å². The molecule has 0 spiro atoms. The summed E-state index contributed by atoms with van der Waals surface area (Å²) in [7, 11) is 2.14. The Balaban J connectivity index is 0.000000140. The van der Waals surface area contributed by atoms with Gasteiger partial charge >= 0.3 is 0 Å². The van der Waals surface area contributed by atoms with E-state index in [4.69, 9.17) is 5.73 Å². The van der Waals surface area contributed by atoms with Crippen LogP contribution >= 0.6 is 0 Å². The standard InChI is InChI=1S/C6H14N2.C6H6.C3H6/c1-8-4-2-6(7)3-5-8;1-2-4-6-5-3-1;1-2-3-1/h6H,2-5,7H2,1H3;1-6H;1-3H2. The van der Waals surface area contributed by atoms with E-state index in [9.17, 15) is 0 Å². The van der Waals surface area contributed by atoms with E-state index in [1.165, 1.54) is 45.2 Å². The Hall–Kier alpha value is -0.860. The third-order valence-corrected chi connectivity index (χ3v) is 2.78. The highest BCUT2D eigenvalue weighted by atomic mass is 15.1. The van der Waals surface area contributed by atoms with Crippen LogP contribution in [0.5, 0.6) is 0 Å². The zero-order valence-corrected chi connectivity index (χ0v) is 11.0. The van der Waals surface area contributed by atoms with Crippen LogP contribution in [0.25, 0.3) is 0 Å². The second-order valence-corrected chi connectivity index (χ2v) is 4.86. The maximum absolute atomic E-state index is 5.67. The second-order valence-electron chi connectivity index (χ2n) is 4.86. The molecular formula is C15H26N2. The van der Waals surface area contributed by atoms with E-state index in [1.807, 2.05) is 36.4 Å². The molecule has 17 heavy (non-hydrogen) atoms. The Kier molecular flexibility index (Phi) is 7.69. The van der Waals surface area contributed by atoms with E-state index >= 15 is 0 Å². The SMILES string of the molecule is C1CC1.CN1CCC(N)CC1.c1ccccc1. The number of nitrogens with two attached hydrogens (primary N) is 1. The quantitative estimate of drug-likeness (QED) is 0.748. The molecule has 2 fully saturated rings. The van der Waals surface area contributed by atoms with Crippen LogP contribution in [0.3, 0.4) is 0 Å². The molecule has 1 aliphatic carbocycles.